The Bertz CT molecular complexity index is 494. The van der Waals surface area contributed by atoms with Crippen molar-refractivity contribution in [2.24, 2.45) is 0 Å². The minimum Gasteiger partial charge on any atom is -0.384 e. The second-order valence-corrected chi connectivity index (χ2v) is 3.66. The Labute approximate surface area is 89.7 Å². The number of anilines is 1. The van der Waals surface area contributed by atoms with Gasteiger partial charge < -0.3 is 10.5 Å². The van der Waals surface area contributed by atoms with Crippen molar-refractivity contribution in [1.82, 2.24) is 4.98 Å². The molecular formula is C11H13BN2O. The van der Waals surface area contributed by atoms with Gasteiger partial charge in [0.1, 0.15) is 13.7 Å². The molecule has 1 aromatic heterocycles. The zero-order valence-corrected chi connectivity index (χ0v) is 8.95. The summed E-state index contributed by atoms with van der Waals surface area (Å²) in [6, 6.07) is 8.02. The van der Waals surface area contributed by atoms with Crippen LogP contribution >= 0.6 is 0 Å². The van der Waals surface area contributed by atoms with E-state index in [9.17, 15) is 0 Å². The largest absolute Gasteiger partial charge is 0.384 e. The number of rotatable bonds is 2. The average molecular weight is 200 g/mol. The van der Waals surface area contributed by atoms with Crippen LogP contribution in [0.4, 0.5) is 5.82 Å². The van der Waals surface area contributed by atoms with Crippen LogP contribution in [0.2, 0.25) is 0 Å². The first kappa shape index (κ1) is 9.99. The molecule has 1 heterocycles. The maximum atomic E-state index is 5.74. The molecule has 0 bridgehead atoms. The van der Waals surface area contributed by atoms with E-state index in [1.54, 1.807) is 7.11 Å². The van der Waals surface area contributed by atoms with Gasteiger partial charge in [0.05, 0.1) is 12.1 Å². The summed E-state index contributed by atoms with van der Waals surface area (Å²) < 4.78 is 5.14. The summed E-state index contributed by atoms with van der Waals surface area (Å²) in [6.45, 7) is 0.562. The van der Waals surface area contributed by atoms with Gasteiger partial charge in [0, 0.05) is 12.5 Å². The molecule has 15 heavy (non-hydrogen) atoms. The van der Waals surface area contributed by atoms with Crippen LogP contribution in [-0.2, 0) is 11.3 Å². The van der Waals surface area contributed by atoms with E-state index in [1.165, 1.54) is 5.46 Å². The highest BCUT2D eigenvalue weighted by atomic mass is 16.5. The highest BCUT2D eigenvalue weighted by Gasteiger charge is 2.03. The monoisotopic (exact) mass is 200 g/mol. The number of pyridine rings is 1. The molecule has 0 unspecified atom stereocenters. The van der Waals surface area contributed by atoms with Gasteiger partial charge in [0.15, 0.2) is 0 Å². The number of methoxy groups -OCH3 is 1. The van der Waals surface area contributed by atoms with Crippen molar-refractivity contribution in [3.8, 4) is 0 Å². The molecule has 0 saturated carbocycles. The number of nitrogens with zero attached hydrogens (tertiary/aromatic N) is 1. The van der Waals surface area contributed by atoms with Gasteiger partial charge in [-0.3, -0.25) is 0 Å². The first-order chi connectivity index (χ1) is 7.20. The molecule has 0 fully saturated rings. The Morgan fingerprint density at radius 3 is 2.93 bits per heavy atom. The molecule has 0 atom stereocenters. The van der Waals surface area contributed by atoms with Crippen molar-refractivity contribution in [3.05, 3.63) is 29.8 Å². The van der Waals surface area contributed by atoms with E-state index in [0.717, 1.165) is 16.5 Å². The first-order valence-corrected chi connectivity index (χ1v) is 4.85. The highest BCUT2D eigenvalue weighted by molar-refractivity contribution is 6.33. The predicted molar refractivity (Wildman–Crippen MR) is 65.0 cm³/mol. The van der Waals surface area contributed by atoms with Crippen LogP contribution in [0.15, 0.2) is 24.3 Å². The maximum Gasteiger partial charge on any atom is 0.139 e. The molecule has 1 aromatic carbocycles. The normalized spacial score (nSPS) is 10.7. The number of ether oxygens (including phenoxy) is 1. The molecule has 2 rings (SSSR count). The van der Waals surface area contributed by atoms with Crippen LogP contribution in [-0.4, -0.2) is 19.9 Å². The number of benzene rings is 1. The first-order valence-electron chi connectivity index (χ1n) is 4.85. The third kappa shape index (κ3) is 1.95. The van der Waals surface area contributed by atoms with E-state index in [2.05, 4.69) is 17.1 Å². The van der Waals surface area contributed by atoms with Crippen molar-refractivity contribution in [3.63, 3.8) is 0 Å². The molecule has 0 aliphatic heterocycles. The quantitative estimate of drug-likeness (QED) is 0.705. The molecule has 4 heteroatoms. The topological polar surface area (TPSA) is 48.1 Å². The van der Waals surface area contributed by atoms with E-state index in [1.807, 2.05) is 20.0 Å². The van der Waals surface area contributed by atoms with E-state index >= 15 is 0 Å². The number of nitrogens with two attached hydrogens (primary N) is 1. The summed E-state index contributed by atoms with van der Waals surface area (Å²) in [7, 11) is 3.72. The SMILES string of the molecule is Bc1ccc2c(COC)cc(N)nc2c1. The van der Waals surface area contributed by atoms with Gasteiger partial charge in [-0.1, -0.05) is 17.6 Å². The number of hydrogen-bond acceptors (Lipinski definition) is 3. The van der Waals surface area contributed by atoms with Gasteiger partial charge >= 0.3 is 0 Å². The fourth-order valence-corrected chi connectivity index (χ4v) is 1.71. The molecule has 0 spiro atoms. The van der Waals surface area contributed by atoms with Crippen molar-refractivity contribution in [1.29, 1.82) is 0 Å². The Morgan fingerprint density at radius 2 is 2.20 bits per heavy atom. The van der Waals surface area contributed by atoms with Gasteiger partial charge in [-0.2, -0.15) is 0 Å². The Morgan fingerprint density at radius 1 is 1.40 bits per heavy atom. The van der Waals surface area contributed by atoms with E-state index in [-0.39, 0.29) is 0 Å². The van der Waals surface area contributed by atoms with Crippen molar-refractivity contribution >= 4 is 30.0 Å². The fourth-order valence-electron chi connectivity index (χ4n) is 1.71. The lowest BCUT2D eigenvalue weighted by Crippen LogP contribution is -2.03. The summed E-state index contributed by atoms with van der Waals surface area (Å²) in [6.07, 6.45) is 0. The van der Waals surface area contributed by atoms with Crippen LogP contribution in [0, 0.1) is 0 Å². The smallest absolute Gasteiger partial charge is 0.139 e. The number of aromatic nitrogens is 1. The minimum absolute atomic E-state index is 0.542. The molecule has 3 nitrogen and oxygen atoms in total. The van der Waals surface area contributed by atoms with Crippen molar-refractivity contribution < 1.29 is 4.74 Å². The molecule has 2 aromatic rings. The average Bonchev–Trinajstić information content (AvgIpc) is 2.17. The van der Waals surface area contributed by atoms with Crippen molar-refractivity contribution in [2.75, 3.05) is 12.8 Å². The summed E-state index contributed by atoms with van der Waals surface area (Å²) in [5.74, 6) is 0.542. The Kier molecular flexibility index (Phi) is 2.60. The zero-order chi connectivity index (χ0) is 10.8. The number of nitrogen functional groups attached to an aromatic ring is 1. The summed E-state index contributed by atoms with van der Waals surface area (Å²) >= 11 is 0. The van der Waals surface area contributed by atoms with Gasteiger partial charge in [-0.05, 0) is 17.7 Å². The zero-order valence-electron chi connectivity index (χ0n) is 8.95. The lowest BCUT2D eigenvalue weighted by molar-refractivity contribution is 0.186. The van der Waals surface area contributed by atoms with Crippen LogP contribution in [0.3, 0.4) is 0 Å². The van der Waals surface area contributed by atoms with Gasteiger partial charge in [-0.25, -0.2) is 4.98 Å². The van der Waals surface area contributed by atoms with Gasteiger partial charge in [-0.15, -0.1) is 0 Å². The third-order valence-electron chi connectivity index (χ3n) is 2.37. The van der Waals surface area contributed by atoms with E-state index < -0.39 is 0 Å². The molecule has 0 aliphatic carbocycles. The predicted octanol–water partition coefficient (Wildman–Crippen LogP) is 0.222. The number of fused-ring (bicyclic) bond motifs is 1. The summed E-state index contributed by atoms with van der Waals surface area (Å²) in [5.41, 5.74) is 8.94. The lowest BCUT2D eigenvalue weighted by atomic mass is 9.94. The van der Waals surface area contributed by atoms with Crippen LogP contribution in [0.5, 0.6) is 0 Å². The van der Waals surface area contributed by atoms with Crippen LogP contribution < -0.4 is 11.2 Å². The Balaban J connectivity index is 2.68. The molecule has 76 valence electrons. The van der Waals surface area contributed by atoms with Crippen molar-refractivity contribution in [2.45, 2.75) is 6.61 Å². The van der Waals surface area contributed by atoms with Crippen LogP contribution in [0.1, 0.15) is 5.56 Å². The van der Waals surface area contributed by atoms with Gasteiger partial charge in [0.25, 0.3) is 0 Å². The Hall–Kier alpha value is -1.55. The maximum absolute atomic E-state index is 5.74. The standard InChI is InChI=1S/C11H13BN2O/c1-15-6-7-4-11(13)14-10-5-8(12)2-3-9(7)10/h2-5H,6,12H2,1H3,(H2,13,14). The molecule has 0 saturated heterocycles. The molecule has 0 amide bonds. The number of hydrogen-bond donors (Lipinski definition) is 1. The van der Waals surface area contributed by atoms with E-state index in [0.29, 0.717) is 12.4 Å². The van der Waals surface area contributed by atoms with Gasteiger partial charge in [0.2, 0.25) is 0 Å². The molecular weight excluding hydrogens is 187 g/mol. The fraction of sp³-hybridized carbons (Fsp3) is 0.182. The lowest BCUT2D eigenvalue weighted by Gasteiger charge is -2.07. The molecule has 2 N–H and O–H groups in total. The summed E-state index contributed by atoms with van der Waals surface area (Å²) in [5, 5.41) is 1.11. The summed E-state index contributed by atoms with van der Waals surface area (Å²) in [4.78, 5) is 4.30. The van der Waals surface area contributed by atoms with E-state index in [4.69, 9.17) is 10.5 Å². The van der Waals surface area contributed by atoms with Crippen LogP contribution in [0.25, 0.3) is 10.9 Å². The second-order valence-electron chi connectivity index (χ2n) is 3.66. The third-order valence-corrected chi connectivity index (χ3v) is 2.37. The molecule has 0 aliphatic rings. The highest BCUT2D eigenvalue weighted by Crippen LogP contribution is 2.19. The minimum atomic E-state index is 0.542. The molecule has 0 radical (unpaired) electrons. The second kappa shape index (κ2) is 3.91.